The van der Waals surface area contributed by atoms with Crippen molar-refractivity contribution in [3.63, 3.8) is 0 Å². The van der Waals surface area contributed by atoms with E-state index in [9.17, 15) is 9.59 Å². The average Bonchev–Trinajstić information content (AvgIpc) is 2.64. The number of nitrogens with one attached hydrogen (secondary N) is 1. The molecule has 6 heteroatoms. The smallest absolute Gasteiger partial charge is 0.258 e. The van der Waals surface area contributed by atoms with E-state index in [0.717, 1.165) is 61.4 Å². The summed E-state index contributed by atoms with van der Waals surface area (Å²) in [5.74, 6) is 0.305. The van der Waals surface area contributed by atoms with Crippen LogP contribution in [0.15, 0.2) is 30.3 Å². The normalized spacial score (nSPS) is 17.9. The van der Waals surface area contributed by atoms with Gasteiger partial charge in [0.1, 0.15) is 0 Å². The lowest BCUT2D eigenvalue weighted by molar-refractivity contribution is 0.0845. The predicted molar refractivity (Wildman–Crippen MR) is 103 cm³/mol. The molecule has 2 heterocycles. The SMILES string of the molecule is O=C1NC(=O)c2ccc(N3CCN(CCCS)CC3)c3cccc1c23. The maximum atomic E-state index is 12.2. The zero-order valence-corrected chi connectivity index (χ0v) is 14.9. The predicted octanol–water partition coefficient (Wildman–Crippen LogP) is 2.17. The molecule has 4 rings (SSSR count). The monoisotopic (exact) mass is 355 g/mol. The van der Waals surface area contributed by atoms with E-state index in [0.29, 0.717) is 11.1 Å². The molecule has 25 heavy (non-hydrogen) atoms. The minimum Gasteiger partial charge on any atom is -0.368 e. The highest BCUT2D eigenvalue weighted by Gasteiger charge is 2.27. The molecule has 0 atom stereocenters. The fourth-order valence-corrected chi connectivity index (χ4v) is 3.93. The summed E-state index contributed by atoms with van der Waals surface area (Å²) in [4.78, 5) is 29.1. The molecular weight excluding hydrogens is 334 g/mol. The molecule has 0 aromatic heterocycles. The zero-order valence-electron chi connectivity index (χ0n) is 14.0. The Hall–Kier alpha value is -2.05. The molecule has 5 nitrogen and oxygen atoms in total. The van der Waals surface area contributed by atoms with Crippen LogP contribution in [0.3, 0.4) is 0 Å². The van der Waals surface area contributed by atoms with Gasteiger partial charge in [-0.25, -0.2) is 0 Å². The number of carbonyl (C=O) groups is 2. The minimum atomic E-state index is -0.308. The molecule has 0 bridgehead atoms. The van der Waals surface area contributed by atoms with Gasteiger partial charge in [-0.15, -0.1) is 0 Å². The maximum Gasteiger partial charge on any atom is 0.258 e. The Morgan fingerprint density at radius 1 is 0.960 bits per heavy atom. The van der Waals surface area contributed by atoms with Gasteiger partial charge in [0.25, 0.3) is 11.8 Å². The fourth-order valence-electron chi connectivity index (χ4n) is 3.79. The summed E-state index contributed by atoms with van der Waals surface area (Å²) in [7, 11) is 0. The van der Waals surface area contributed by atoms with Crippen LogP contribution in [-0.4, -0.2) is 55.2 Å². The Balaban J connectivity index is 1.68. The lowest BCUT2D eigenvalue weighted by atomic mass is 9.93. The molecule has 130 valence electrons. The van der Waals surface area contributed by atoms with E-state index < -0.39 is 0 Å². The third-order valence-corrected chi connectivity index (χ3v) is 5.40. The molecule has 1 N–H and O–H groups in total. The summed E-state index contributed by atoms with van der Waals surface area (Å²) in [6, 6.07) is 9.54. The second-order valence-electron chi connectivity index (χ2n) is 6.55. The van der Waals surface area contributed by atoms with Gasteiger partial charge in [-0.3, -0.25) is 19.8 Å². The largest absolute Gasteiger partial charge is 0.368 e. The summed E-state index contributed by atoms with van der Waals surface area (Å²) < 4.78 is 0. The molecule has 0 unspecified atom stereocenters. The Labute approximate surface area is 152 Å². The van der Waals surface area contributed by atoms with Crippen LogP contribution < -0.4 is 10.2 Å². The molecule has 2 aliphatic heterocycles. The van der Waals surface area contributed by atoms with Crippen LogP contribution in [0.2, 0.25) is 0 Å². The van der Waals surface area contributed by atoms with Gasteiger partial charge < -0.3 is 4.90 Å². The summed E-state index contributed by atoms with van der Waals surface area (Å²) in [6.45, 7) is 5.04. The van der Waals surface area contributed by atoms with Crippen LogP contribution in [0, 0.1) is 0 Å². The summed E-state index contributed by atoms with van der Waals surface area (Å²) in [5.41, 5.74) is 2.28. The van der Waals surface area contributed by atoms with Gasteiger partial charge in [-0.05, 0) is 36.9 Å². The molecule has 0 aliphatic carbocycles. The van der Waals surface area contributed by atoms with Gasteiger partial charge in [0, 0.05) is 53.8 Å². The molecule has 2 amide bonds. The Bertz CT molecular complexity index is 824. The molecule has 0 saturated carbocycles. The zero-order chi connectivity index (χ0) is 17.4. The second kappa shape index (κ2) is 6.69. The average molecular weight is 355 g/mol. The Morgan fingerprint density at radius 3 is 2.40 bits per heavy atom. The van der Waals surface area contributed by atoms with Gasteiger partial charge in [0.2, 0.25) is 0 Å². The molecule has 2 aromatic rings. The lowest BCUT2D eigenvalue weighted by Crippen LogP contribution is -2.46. The first-order chi connectivity index (χ1) is 12.2. The number of benzene rings is 2. The van der Waals surface area contributed by atoms with E-state index in [-0.39, 0.29) is 11.8 Å². The first-order valence-corrected chi connectivity index (χ1v) is 9.32. The van der Waals surface area contributed by atoms with E-state index >= 15 is 0 Å². The van der Waals surface area contributed by atoms with Crippen molar-refractivity contribution >= 4 is 40.9 Å². The first-order valence-electron chi connectivity index (χ1n) is 8.68. The van der Waals surface area contributed by atoms with Gasteiger partial charge in [-0.2, -0.15) is 12.6 Å². The number of carbonyl (C=O) groups excluding carboxylic acids is 2. The van der Waals surface area contributed by atoms with E-state index in [1.165, 1.54) is 0 Å². The number of thiol groups is 1. The third kappa shape index (κ3) is 2.89. The Kier molecular flexibility index (Phi) is 4.39. The van der Waals surface area contributed by atoms with Crippen LogP contribution >= 0.6 is 12.6 Å². The number of nitrogens with zero attached hydrogens (tertiary/aromatic N) is 2. The lowest BCUT2D eigenvalue weighted by Gasteiger charge is -2.37. The summed E-state index contributed by atoms with van der Waals surface area (Å²) in [5, 5.41) is 4.19. The van der Waals surface area contributed by atoms with E-state index in [1.54, 1.807) is 6.07 Å². The topological polar surface area (TPSA) is 52.7 Å². The fraction of sp³-hybridized carbons (Fsp3) is 0.368. The number of piperazine rings is 1. The second-order valence-corrected chi connectivity index (χ2v) is 7.00. The molecule has 1 fully saturated rings. The third-order valence-electron chi connectivity index (χ3n) is 5.08. The van der Waals surface area contributed by atoms with E-state index in [4.69, 9.17) is 0 Å². The van der Waals surface area contributed by atoms with Crippen LogP contribution in [-0.2, 0) is 0 Å². The molecular formula is C19H21N3O2S. The van der Waals surface area contributed by atoms with E-state index in [1.807, 2.05) is 24.3 Å². The van der Waals surface area contributed by atoms with Crippen molar-refractivity contribution < 1.29 is 9.59 Å². The highest BCUT2D eigenvalue weighted by atomic mass is 32.1. The van der Waals surface area contributed by atoms with Crippen molar-refractivity contribution in [1.82, 2.24) is 10.2 Å². The van der Waals surface area contributed by atoms with Crippen LogP contribution in [0.1, 0.15) is 27.1 Å². The number of imide groups is 1. The molecule has 2 aliphatic rings. The summed E-state index contributed by atoms with van der Waals surface area (Å²) in [6.07, 6.45) is 1.11. The highest BCUT2D eigenvalue weighted by molar-refractivity contribution is 7.80. The van der Waals surface area contributed by atoms with Gasteiger partial charge in [0.15, 0.2) is 0 Å². The molecule has 1 saturated heterocycles. The number of anilines is 1. The van der Waals surface area contributed by atoms with Crippen LogP contribution in [0.25, 0.3) is 10.8 Å². The maximum absolute atomic E-state index is 12.2. The standard InChI is InChI=1S/C19H21N3O2S/c23-18-14-4-1-3-13-16(6-5-15(17(13)14)19(24)20-18)22-10-8-21(9-11-22)7-2-12-25/h1,3-6,25H,2,7-12H2,(H,20,23,24). The quantitative estimate of drug-likeness (QED) is 0.652. The van der Waals surface area contributed by atoms with Crippen LogP contribution in [0.4, 0.5) is 5.69 Å². The number of hydrogen-bond acceptors (Lipinski definition) is 5. The van der Waals surface area contributed by atoms with Gasteiger partial charge >= 0.3 is 0 Å². The van der Waals surface area contributed by atoms with Crippen molar-refractivity contribution in [1.29, 1.82) is 0 Å². The van der Waals surface area contributed by atoms with Gasteiger partial charge in [-0.1, -0.05) is 12.1 Å². The van der Waals surface area contributed by atoms with Crippen molar-refractivity contribution in [2.24, 2.45) is 0 Å². The van der Waals surface area contributed by atoms with Gasteiger partial charge in [0.05, 0.1) is 0 Å². The van der Waals surface area contributed by atoms with Crippen molar-refractivity contribution in [2.45, 2.75) is 6.42 Å². The van der Waals surface area contributed by atoms with E-state index in [2.05, 4.69) is 27.7 Å². The van der Waals surface area contributed by atoms with Crippen LogP contribution in [0.5, 0.6) is 0 Å². The first kappa shape index (κ1) is 16.4. The highest BCUT2D eigenvalue weighted by Crippen LogP contribution is 2.34. The number of hydrogen-bond donors (Lipinski definition) is 2. The number of rotatable bonds is 4. The van der Waals surface area contributed by atoms with Crippen molar-refractivity contribution in [3.8, 4) is 0 Å². The minimum absolute atomic E-state index is 0.308. The molecule has 0 radical (unpaired) electrons. The summed E-state index contributed by atoms with van der Waals surface area (Å²) >= 11 is 4.29. The molecule has 2 aromatic carbocycles. The number of amides is 2. The van der Waals surface area contributed by atoms with Crippen molar-refractivity contribution in [3.05, 3.63) is 41.5 Å². The van der Waals surface area contributed by atoms with Crippen molar-refractivity contribution in [2.75, 3.05) is 43.4 Å². The Morgan fingerprint density at radius 2 is 1.68 bits per heavy atom. The molecule has 0 spiro atoms.